The van der Waals surface area contributed by atoms with E-state index in [1.165, 1.54) is 5.56 Å². The van der Waals surface area contributed by atoms with E-state index in [0.717, 1.165) is 11.5 Å². The van der Waals surface area contributed by atoms with Gasteiger partial charge in [-0.25, -0.2) is 4.79 Å². The maximum absolute atomic E-state index is 12.0. The summed E-state index contributed by atoms with van der Waals surface area (Å²) in [5.74, 6) is 3.03. The van der Waals surface area contributed by atoms with E-state index in [1.807, 2.05) is 18.2 Å². The molecule has 0 radical (unpaired) electrons. The molecule has 24 heavy (non-hydrogen) atoms. The van der Waals surface area contributed by atoms with E-state index >= 15 is 0 Å². The lowest BCUT2D eigenvalue weighted by atomic mass is 10.2. The molecule has 6 heteroatoms. The zero-order chi connectivity index (χ0) is 17.2. The van der Waals surface area contributed by atoms with E-state index in [9.17, 15) is 4.79 Å². The van der Waals surface area contributed by atoms with Crippen LogP contribution in [0.15, 0.2) is 48.5 Å². The smallest absolute Gasteiger partial charge is 0.319 e. The number of hydrogen-bond acceptors (Lipinski definition) is 4. The van der Waals surface area contributed by atoms with Crippen molar-refractivity contribution in [3.8, 4) is 11.5 Å². The van der Waals surface area contributed by atoms with Crippen molar-refractivity contribution in [1.29, 1.82) is 0 Å². The van der Waals surface area contributed by atoms with E-state index in [2.05, 4.69) is 22.8 Å². The van der Waals surface area contributed by atoms with Gasteiger partial charge in [-0.15, -0.1) is 0 Å². The fourth-order valence-electron chi connectivity index (χ4n) is 2.08. The van der Waals surface area contributed by atoms with E-state index in [1.54, 1.807) is 44.2 Å². The third-order valence-electron chi connectivity index (χ3n) is 3.30. The Bertz CT molecular complexity index is 650. The lowest BCUT2D eigenvalue weighted by Gasteiger charge is -2.12. The molecular weight excluding hydrogens is 324 g/mol. The Balaban J connectivity index is 1.73. The molecule has 5 nitrogen and oxygen atoms in total. The highest BCUT2D eigenvalue weighted by Gasteiger charge is 2.08. The van der Waals surface area contributed by atoms with Gasteiger partial charge >= 0.3 is 6.03 Å². The van der Waals surface area contributed by atoms with Gasteiger partial charge in [-0.1, -0.05) is 30.3 Å². The molecule has 2 N–H and O–H groups in total. The van der Waals surface area contributed by atoms with Gasteiger partial charge < -0.3 is 20.1 Å². The number of rotatable bonds is 8. The molecule has 2 amide bonds. The summed E-state index contributed by atoms with van der Waals surface area (Å²) in [4.78, 5) is 12.0. The topological polar surface area (TPSA) is 59.6 Å². The van der Waals surface area contributed by atoms with Crippen molar-refractivity contribution in [2.75, 3.05) is 31.8 Å². The van der Waals surface area contributed by atoms with Crippen LogP contribution in [0.5, 0.6) is 11.5 Å². The van der Waals surface area contributed by atoms with Crippen molar-refractivity contribution in [1.82, 2.24) is 5.32 Å². The van der Waals surface area contributed by atoms with Crippen molar-refractivity contribution >= 4 is 23.5 Å². The van der Waals surface area contributed by atoms with Crippen LogP contribution in [0.25, 0.3) is 0 Å². The quantitative estimate of drug-likeness (QED) is 0.715. The summed E-state index contributed by atoms with van der Waals surface area (Å²) in [6, 6.07) is 15.3. The normalized spacial score (nSPS) is 10.1. The summed E-state index contributed by atoms with van der Waals surface area (Å²) in [5.41, 5.74) is 1.86. The number of carbonyl (C=O) groups is 1. The minimum Gasteiger partial charge on any atom is -0.497 e. The van der Waals surface area contributed by atoms with Crippen LogP contribution in [0.1, 0.15) is 5.56 Å². The van der Waals surface area contributed by atoms with Crippen LogP contribution < -0.4 is 20.1 Å². The lowest BCUT2D eigenvalue weighted by molar-refractivity contribution is 0.252. The Hall–Kier alpha value is -2.34. The molecule has 0 heterocycles. The third kappa shape index (κ3) is 5.70. The number of anilines is 1. The van der Waals surface area contributed by atoms with Crippen molar-refractivity contribution in [3.63, 3.8) is 0 Å². The first-order valence-electron chi connectivity index (χ1n) is 7.61. The van der Waals surface area contributed by atoms with E-state index in [0.29, 0.717) is 23.7 Å². The first-order valence-corrected chi connectivity index (χ1v) is 8.77. The lowest BCUT2D eigenvalue weighted by Crippen LogP contribution is -2.30. The van der Waals surface area contributed by atoms with Crippen molar-refractivity contribution in [3.05, 3.63) is 54.1 Å². The van der Waals surface area contributed by atoms with Crippen LogP contribution in [0, 0.1) is 0 Å². The maximum atomic E-state index is 12.0. The molecule has 0 aromatic heterocycles. The SMILES string of the molecule is COc1ccc(OC)c(NC(=O)NCCSCc2ccccc2)c1. The molecule has 128 valence electrons. The fourth-order valence-corrected chi connectivity index (χ4v) is 2.90. The second-order valence-electron chi connectivity index (χ2n) is 4.99. The van der Waals surface area contributed by atoms with Crippen molar-refractivity contribution in [2.24, 2.45) is 0 Å². The number of benzene rings is 2. The minimum atomic E-state index is -0.262. The first-order chi connectivity index (χ1) is 11.7. The monoisotopic (exact) mass is 346 g/mol. The van der Waals surface area contributed by atoms with Crippen LogP contribution in [0.3, 0.4) is 0 Å². The Labute approximate surface area is 146 Å². The van der Waals surface area contributed by atoms with Gasteiger partial charge in [0.2, 0.25) is 0 Å². The second kappa shape index (κ2) is 9.72. The molecule has 0 unspecified atom stereocenters. The maximum Gasteiger partial charge on any atom is 0.319 e. The molecule has 0 aliphatic rings. The summed E-state index contributed by atoms with van der Waals surface area (Å²) in [6.45, 7) is 0.593. The molecule has 0 spiro atoms. The van der Waals surface area contributed by atoms with Gasteiger partial charge in [-0.2, -0.15) is 11.8 Å². The minimum absolute atomic E-state index is 0.262. The highest BCUT2D eigenvalue weighted by molar-refractivity contribution is 7.98. The standard InChI is InChI=1S/C18H22N2O3S/c1-22-15-8-9-17(23-2)16(12-15)20-18(21)19-10-11-24-13-14-6-4-3-5-7-14/h3-9,12H,10-11,13H2,1-2H3,(H2,19,20,21). The van der Waals surface area contributed by atoms with E-state index < -0.39 is 0 Å². The van der Waals surface area contributed by atoms with E-state index in [-0.39, 0.29) is 6.03 Å². The van der Waals surface area contributed by atoms with Crippen molar-refractivity contribution < 1.29 is 14.3 Å². The van der Waals surface area contributed by atoms with Gasteiger partial charge in [0.05, 0.1) is 19.9 Å². The number of thioether (sulfide) groups is 1. The molecule has 0 aliphatic carbocycles. The Morgan fingerprint density at radius 3 is 2.58 bits per heavy atom. The fraction of sp³-hybridized carbons (Fsp3) is 0.278. The van der Waals surface area contributed by atoms with E-state index in [4.69, 9.17) is 9.47 Å². The summed E-state index contributed by atoms with van der Waals surface area (Å²) in [6.07, 6.45) is 0. The summed E-state index contributed by atoms with van der Waals surface area (Å²) in [7, 11) is 3.14. The largest absolute Gasteiger partial charge is 0.497 e. The number of ether oxygens (including phenoxy) is 2. The summed E-state index contributed by atoms with van der Waals surface area (Å²) in [5, 5.41) is 5.62. The molecular formula is C18H22N2O3S. The van der Waals surface area contributed by atoms with Crippen LogP contribution >= 0.6 is 11.8 Å². The highest BCUT2D eigenvalue weighted by atomic mass is 32.2. The molecule has 0 bridgehead atoms. The third-order valence-corrected chi connectivity index (χ3v) is 4.33. The molecule has 0 saturated heterocycles. The van der Waals surface area contributed by atoms with Gasteiger partial charge in [0.1, 0.15) is 11.5 Å². The first kappa shape index (κ1) is 18.0. The number of hydrogen-bond donors (Lipinski definition) is 2. The molecule has 0 atom stereocenters. The molecule has 2 rings (SSSR count). The number of amides is 2. The number of methoxy groups -OCH3 is 2. The van der Waals surface area contributed by atoms with Crippen LogP contribution in [0.2, 0.25) is 0 Å². The van der Waals surface area contributed by atoms with Gasteiger partial charge in [-0.3, -0.25) is 0 Å². The molecule has 0 fully saturated rings. The summed E-state index contributed by atoms with van der Waals surface area (Å²) < 4.78 is 10.4. The van der Waals surface area contributed by atoms with Gasteiger partial charge in [0, 0.05) is 24.1 Å². The van der Waals surface area contributed by atoms with Gasteiger partial charge in [0.15, 0.2) is 0 Å². The van der Waals surface area contributed by atoms with Crippen LogP contribution in [0.4, 0.5) is 10.5 Å². The zero-order valence-corrected chi connectivity index (χ0v) is 14.7. The van der Waals surface area contributed by atoms with Crippen molar-refractivity contribution in [2.45, 2.75) is 5.75 Å². The van der Waals surface area contributed by atoms with Crippen LogP contribution in [-0.4, -0.2) is 32.5 Å². The summed E-state index contributed by atoms with van der Waals surface area (Å²) >= 11 is 1.78. The highest BCUT2D eigenvalue weighted by Crippen LogP contribution is 2.28. The average Bonchev–Trinajstić information content (AvgIpc) is 2.62. The number of nitrogens with one attached hydrogen (secondary N) is 2. The predicted octanol–water partition coefficient (Wildman–Crippen LogP) is 3.76. The molecule has 2 aromatic carbocycles. The Morgan fingerprint density at radius 1 is 1.08 bits per heavy atom. The second-order valence-corrected chi connectivity index (χ2v) is 6.09. The average molecular weight is 346 g/mol. The van der Waals surface area contributed by atoms with Gasteiger partial charge in [0.25, 0.3) is 0 Å². The molecule has 2 aromatic rings. The zero-order valence-electron chi connectivity index (χ0n) is 13.9. The Morgan fingerprint density at radius 2 is 1.88 bits per heavy atom. The molecule has 0 aliphatic heterocycles. The predicted molar refractivity (Wildman–Crippen MR) is 99.2 cm³/mol. The molecule has 0 saturated carbocycles. The number of carbonyl (C=O) groups excluding carboxylic acids is 1. The Kier molecular flexibility index (Phi) is 7.29. The van der Waals surface area contributed by atoms with Gasteiger partial charge in [-0.05, 0) is 17.7 Å². The van der Waals surface area contributed by atoms with Crippen LogP contribution in [-0.2, 0) is 5.75 Å². The number of urea groups is 1.